The van der Waals surface area contributed by atoms with Gasteiger partial charge in [0.05, 0.1) is 5.56 Å². The van der Waals surface area contributed by atoms with E-state index in [1.54, 1.807) is 23.4 Å². The Labute approximate surface area is 150 Å². The summed E-state index contributed by atoms with van der Waals surface area (Å²) in [7, 11) is 0. The van der Waals surface area contributed by atoms with Crippen LogP contribution in [-0.2, 0) is 24.1 Å². The Morgan fingerprint density at radius 2 is 1.81 bits per heavy atom. The number of hydrogen-bond donors (Lipinski definition) is 0. The monoisotopic (exact) mass is 363 g/mol. The van der Waals surface area contributed by atoms with Crippen LogP contribution in [0.1, 0.15) is 23.1 Å². The van der Waals surface area contributed by atoms with Gasteiger partial charge in [0, 0.05) is 51.5 Å². The van der Waals surface area contributed by atoms with Crippen molar-refractivity contribution in [3.63, 3.8) is 0 Å². The van der Waals surface area contributed by atoms with Gasteiger partial charge in [-0.2, -0.15) is 13.2 Å². The number of carbonyl (C=O) groups excluding carboxylic acids is 1. The van der Waals surface area contributed by atoms with Crippen molar-refractivity contribution in [1.29, 1.82) is 0 Å². The number of hydrogen-bond acceptors (Lipinski definition) is 3. The number of pyridine rings is 1. The van der Waals surface area contributed by atoms with Crippen LogP contribution < -0.4 is 0 Å². The van der Waals surface area contributed by atoms with Gasteiger partial charge in [-0.1, -0.05) is 24.3 Å². The molecule has 1 aliphatic heterocycles. The van der Waals surface area contributed by atoms with E-state index in [1.165, 1.54) is 12.1 Å². The zero-order valence-electron chi connectivity index (χ0n) is 14.2. The number of alkyl halides is 3. The normalized spacial score (nSPS) is 16.6. The maximum absolute atomic E-state index is 12.9. The summed E-state index contributed by atoms with van der Waals surface area (Å²) in [4.78, 5) is 20.2. The van der Waals surface area contributed by atoms with Gasteiger partial charge in [0.15, 0.2) is 0 Å². The molecule has 1 aliphatic rings. The minimum atomic E-state index is -4.34. The molecular formula is C19H20F3N3O. The highest BCUT2D eigenvalue weighted by molar-refractivity contribution is 5.76. The minimum Gasteiger partial charge on any atom is -0.337 e. The topological polar surface area (TPSA) is 36.4 Å². The first kappa shape index (κ1) is 18.4. The third-order valence-electron chi connectivity index (χ3n) is 4.44. The van der Waals surface area contributed by atoms with Crippen LogP contribution >= 0.6 is 0 Å². The minimum absolute atomic E-state index is 0.0559. The van der Waals surface area contributed by atoms with Crippen molar-refractivity contribution in [1.82, 2.24) is 14.8 Å². The van der Waals surface area contributed by atoms with Crippen LogP contribution in [0.5, 0.6) is 0 Å². The van der Waals surface area contributed by atoms with E-state index < -0.39 is 11.7 Å². The smallest absolute Gasteiger partial charge is 0.337 e. The highest BCUT2D eigenvalue weighted by atomic mass is 19.4. The standard InChI is InChI=1S/C19H20F3N3O/c20-19(21,22)17-5-1-3-15(11-17)13-24-8-6-18(26)25(10-9-24)14-16-4-2-7-23-12-16/h1-5,7,11-12H,6,8-10,13-14H2. The molecule has 1 aromatic heterocycles. The second kappa shape index (κ2) is 7.86. The molecule has 0 N–H and O–H groups in total. The molecule has 0 atom stereocenters. The predicted octanol–water partition coefficient (Wildman–Crippen LogP) is 3.33. The second-order valence-corrected chi connectivity index (χ2v) is 6.40. The Kier molecular flexibility index (Phi) is 5.56. The molecule has 138 valence electrons. The molecule has 1 fully saturated rings. The molecule has 3 rings (SSSR count). The molecule has 0 unspecified atom stereocenters. The molecule has 2 heterocycles. The molecule has 0 spiro atoms. The highest BCUT2D eigenvalue weighted by Gasteiger charge is 2.30. The van der Waals surface area contributed by atoms with Crippen molar-refractivity contribution < 1.29 is 18.0 Å². The van der Waals surface area contributed by atoms with Crippen LogP contribution in [0.4, 0.5) is 13.2 Å². The van der Waals surface area contributed by atoms with Crippen LogP contribution in [0, 0.1) is 0 Å². The summed E-state index contributed by atoms with van der Waals surface area (Å²) in [6.07, 6.45) is -0.562. The molecule has 26 heavy (non-hydrogen) atoms. The van der Waals surface area contributed by atoms with Gasteiger partial charge in [-0.25, -0.2) is 0 Å². The summed E-state index contributed by atoms with van der Waals surface area (Å²) in [5.74, 6) is 0.0559. The van der Waals surface area contributed by atoms with Crippen molar-refractivity contribution in [2.75, 3.05) is 19.6 Å². The number of benzene rings is 1. The summed E-state index contributed by atoms with van der Waals surface area (Å²) >= 11 is 0. The van der Waals surface area contributed by atoms with Crippen molar-refractivity contribution in [3.8, 4) is 0 Å². The molecule has 1 aromatic carbocycles. The quantitative estimate of drug-likeness (QED) is 0.836. The Hall–Kier alpha value is -2.41. The summed E-state index contributed by atoms with van der Waals surface area (Å²) < 4.78 is 38.6. The van der Waals surface area contributed by atoms with E-state index in [0.29, 0.717) is 44.7 Å². The molecule has 4 nitrogen and oxygen atoms in total. The summed E-state index contributed by atoms with van der Waals surface area (Å²) in [5, 5.41) is 0. The summed E-state index contributed by atoms with van der Waals surface area (Å²) in [6.45, 7) is 2.62. The van der Waals surface area contributed by atoms with Crippen LogP contribution in [-0.4, -0.2) is 40.3 Å². The Balaban J connectivity index is 1.62. The largest absolute Gasteiger partial charge is 0.416 e. The third-order valence-corrected chi connectivity index (χ3v) is 4.44. The molecule has 0 aliphatic carbocycles. The molecule has 0 radical (unpaired) electrons. The molecule has 1 saturated heterocycles. The van der Waals surface area contributed by atoms with Crippen molar-refractivity contribution >= 4 is 5.91 Å². The lowest BCUT2D eigenvalue weighted by Gasteiger charge is -2.22. The maximum Gasteiger partial charge on any atom is 0.416 e. The van der Waals surface area contributed by atoms with Crippen LogP contribution in [0.3, 0.4) is 0 Å². The number of rotatable bonds is 4. The molecule has 2 aromatic rings. The fourth-order valence-corrected chi connectivity index (χ4v) is 3.05. The van der Waals surface area contributed by atoms with Gasteiger partial charge in [0.25, 0.3) is 0 Å². The van der Waals surface area contributed by atoms with Gasteiger partial charge in [-0.05, 0) is 23.3 Å². The maximum atomic E-state index is 12.9. The van der Waals surface area contributed by atoms with Gasteiger partial charge in [-0.3, -0.25) is 14.7 Å². The van der Waals surface area contributed by atoms with Gasteiger partial charge in [-0.15, -0.1) is 0 Å². The highest BCUT2D eigenvalue weighted by Crippen LogP contribution is 2.29. The zero-order valence-corrected chi connectivity index (χ0v) is 14.2. The SMILES string of the molecule is O=C1CCN(Cc2cccc(C(F)(F)F)c2)CCN1Cc1cccnc1. The lowest BCUT2D eigenvalue weighted by atomic mass is 10.1. The first-order valence-corrected chi connectivity index (χ1v) is 8.47. The molecule has 0 saturated carbocycles. The first-order chi connectivity index (χ1) is 12.4. The van der Waals surface area contributed by atoms with Gasteiger partial charge < -0.3 is 4.90 Å². The number of aromatic nitrogens is 1. The number of carbonyl (C=O) groups is 1. The fourth-order valence-electron chi connectivity index (χ4n) is 3.05. The van der Waals surface area contributed by atoms with Crippen molar-refractivity contribution in [3.05, 3.63) is 65.5 Å². The first-order valence-electron chi connectivity index (χ1n) is 8.47. The fraction of sp³-hybridized carbons (Fsp3) is 0.368. The lowest BCUT2D eigenvalue weighted by molar-refractivity contribution is -0.137. The summed E-state index contributed by atoms with van der Waals surface area (Å²) in [5.41, 5.74) is 0.930. The van der Waals surface area contributed by atoms with Crippen molar-refractivity contribution in [2.24, 2.45) is 0 Å². The average molecular weight is 363 g/mol. The van der Waals surface area contributed by atoms with Gasteiger partial charge in [0.1, 0.15) is 0 Å². The summed E-state index contributed by atoms with van der Waals surface area (Å²) in [6, 6.07) is 9.12. The number of nitrogens with zero attached hydrogens (tertiary/aromatic N) is 3. The van der Waals surface area contributed by atoms with Gasteiger partial charge in [0.2, 0.25) is 5.91 Å². The number of amides is 1. The third kappa shape index (κ3) is 4.82. The van der Waals surface area contributed by atoms with Crippen LogP contribution in [0.15, 0.2) is 48.8 Å². The van der Waals surface area contributed by atoms with Crippen molar-refractivity contribution in [2.45, 2.75) is 25.7 Å². The Morgan fingerprint density at radius 1 is 1.00 bits per heavy atom. The lowest BCUT2D eigenvalue weighted by Crippen LogP contribution is -2.32. The Morgan fingerprint density at radius 3 is 2.54 bits per heavy atom. The van der Waals surface area contributed by atoms with E-state index >= 15 is 0 Å². The predicted molar refractivity (Wildman–Crippen MR) is 91.0 cm³/mol. The van der Waals surface area contributed by atoms with E-state index in [4.69, 9.17) is 0 Å². The van der Waals surface area contributed by atoms with E-state index in [1.807, 2.05) is 17.0 Å². The Bertz CT molecular complexity index is 749. The molecular weight excluding hydrogens is 343 g/mol. The average Bonchev–Trinajstić information content (AvgIpc) is 2.78. The van der Waals surface area contributed by atoms with Gasteiger partial charge >= 0.3 is 6.18 Å². The van der Waals surface area contributed by atoms with E-state index in [-0.39, 0.29) is 5.91 Å². The van der Waals surface area contributed by atoms with E-state index in [0.717, 1.165) is 11.6 Å². The molecule has 1 amide bonds. The van der Waals surface area contributed by atoms with Crippen LogP contribution in [0.2, 0.25) is 0 Å². The second-order valence-electron chi connectivity index (χ2n) is 6.40. The molecule has 7 heteroatoms. The van der Waals surface area contributed by atoms with Crippen LogP contribution in [0.25, 0.3) is 0 Å². The van der Waals surface area contributed by atoms with E-state index in [9.17, 15) is 18.0 Å². The van der Waals surface area contributed by atoms with E-state index in [2.05, 4.69) is 4.98 Å². The number of halogens is 3. The zero-order chi connectivity index (χ0) is 18.6. The molecule has 0 bridgehead atoms.